The lowest BCUT2D eigenvalue weighted by Crippen LogP contribution is -2.47. The Morgan fingerprint density at radius 1 is 1.32 bits per heavy atom. The summed E-state index contributed by atoms with van der Waals surface area (Å²) in [4.78, 5) is 25.8. The molecule has 1 atom stereocenters. The Kier molecular flexibility index (Phi) is 6.07. The van der Waals surface area contributed by atoms with Gasteiger partial charge in [-0.05, 0) is 37.8 Å². The summed E-state index contributed by atoms with van der Waals surface area (Å²) in [6, 6.07) is 6.97. The molecule has 1 aromatic carbocycles. The van der Waals surface area contributed by atoms with Gasteiger partial charge in [0, 0.05) is 26.2 Å². The summed E-state index contributed by atoms with van der Waals surface area (Å²) >= 11 is 6.02. The first-order valence-electron chi connectivity index (χ1n) is 7.67. The summed E-state index contributed by atoms with van der Waals surface area (Å²) in [5.41, 5.74) is 0.487. The van der Waals surface area contributed by atoms with Crippen LogP contribution in [-0.2, 0) is 0 Å². The molecule has 1 fully saturated rings. The van der Waals surface area contributed by atoms with Crippen molar-refractivity contribution in [3.05, 3.63) is 34.9 Å². The van der Waals surface area contributed by atoms with Crippen LogP contribution in [0.3, 0.4) is 0 Å². The third kappa shape index (κ3) is 4.37. The van der Waals surface area contributed by atoms with Crippen LogP contribution < -0.4 is 10.6 Å². The molecule has 1 saturated heterocycles. The molecule has 0 aliphatic carbocycles. The lowest BCUT2D eigenvalue weighted by atomic mass is 9.98. The number of piperidine rings is 1. The van der Waals surface area contributed by atoms with E-state index in [4.69, 9.17) is 11.6 Å². The van der Waals surface area contributed by atoms with Gasteiger partial charge in [0.2, 0.25) is 0 Å². The number of benzene rings is 1. The number of rotatable bonds is 4. The smallest absolute Gasteiger partial charge is 0.317 e. The fourth-order valence-electron chi connectivity index (χ4n) is 2.66. The molecule has 0 unspecified atom stereocenters. The van der Waals surface area contributed by atoms with Crippen molar-refractivity contribution in [1.82, 2.24) is 15.5 Å². The van der Waals surface area contributed by atoms with Crippen molar-refractivity contribution in [2.75, 3.05) is 26.2 Å². The molecular formula is C16H22ClN3O2. The number of nitrogens with one attached hydrogen (secondary N) is 2. The molecule has 2 N–H and O–H groups in total. The minimum atomic E-state index is -0.166. The van der Waals surface area contributed by atoms with Crippen molar-refractivity contribution in [3.8, 4) is 0 Å². The first-order chi connectivity index (χ1) is 10.6. The summed E-state index contributed by atoms with van der Waals surface area (Å²) in [6.45, 7) is 4.54. The fraction of sp³-hybridized carbons (Fsp3) is 0.500. The predicted octanol–water partition coefficient (Wildman–Crippen LogP) is 2.51. The summed E-state index contributed by atoms with van der Waals surface area (Å²) in [7, 11) is 0. The van der Waals surface area contributed by atoms with Crippen LogP contribution in [0, 0.1) is 5.92 Å². The first kappa shape index (κ1) is 16.6. The van der Waals surface area contributed by atoms with Gasteiger partial charge in [-0.15, -0.1) is 0 Å². The van der Waals surface area contributed by atoms with E-state index in [2.05, 4.69) is 10.6 Å². The maximum Gasteiger partial charge on any atom is 0.317 e. The Balaban J connectivity index is 1.85. The van der Waals surface area contributed by atoms with E-state index in [0.29, 0.717) is 30.2 Å². The van der Waals surface area contributed by atoms with Crippen molar-refractivity contribution in [2.45, 2.75) is 19.8 Å². The molecule has 0 spiro atoms. The van der Waals surface area contributed by atoms with E-state index in [-0.39, 0.29) is 17.9 Å². The molecule has 0 bridgehead atoms. The van der Waals surface area contributed by atoms with Gasteiger partial charge in [-0.25, -0.2) is 4.79 Å². The predicted molar refractivity (Wildman–Crippen MR) is 87.2 cm³/mol. The van der Waals surface area contributed by atoms with Crippen LogP contribution in [-0.4, -0.2) is 43.0 Å². The molecule has 2 rings (SSSR count). The lowest BCUT2D eigenvalue weighted by Gasteiger charge is -2.32. The highest BCUT2D eigenvalue weighted by molar-refractivity contribution is 6.33. The van der Waals surface area contributed by atoms with Crippen LogP contribution in [0.4, 0.5) is 4.79 Å². The van der Waals surface area contributed by atoms with Gasteiger partial charge < -0.3 is 15.5 Å². The normalized spacial score (nSPS) is 17.9. The molecule has 1 aliphatic rings. The molecule has 0 radical (unpaired) electrons. The number of nitrogens with zero attached hydrogens (tertiary/aromatic N) is 1. The van der Waals surface area contributed by atoms with Crippen LogP contribution in [0.5, 0.6) is 0 Å². The largest absolute Gasteiger partial charge is 0.352 e. The van der Waals surface area contributed by atoms with E-state index in [1.54, 1.807) is 24.3 Å². The second kappa shape index (κ2) is 8.03. The minimum absolute atomic E-state index is 0.0235. The van der Waals surface area contributed by atoms with E-state index in [9.17, 15) is 9.59 Å². The highest BCUT2D eigenvalue weighted by atomic mass is 35.5. The lowest BCUT2D eigenvalue weighted by molar-refractivity contribution is 0.0938. The maximum absolute atomic E-state index is 12.1. The molecule has 1 aliphatic heterocycles. The van der Waals surface area contributed by atoms with Crippen LogP contribution >= 0.6 is 11.6 Å². The number of carbonyl (C=O) groups excluding carboxylic acids is 2. The van der Waals surface area contributed by atoms with Crippen molar-refractivity contribution < 1.29 is 9.59 Å². The third-order valence-electron chi connectivity index (χ3n) is 3.80. The Bertz CT molecular complexity index is 536. The molecule has 1 aromatic rings. The van der Waals surface area contributed by atoms with Gasteiger partial charge in [-0.3, -0.25) is 4.79 Å². The second-order valence-corrected chi connectivity index (χ2v) is 5.89. The Morgan fingerprint density at radius 3 is 2.82 bits per heavy atom. The summed E-state index contributed by atoms with van der Waals surface area (Å²) in [5.74, 6) is 0.114. The number of likely N-dealkylation sites (tertiary alicyclic amines) is 1. The van der Waals surface area contributed by atoms with Gasteiger partial charge in [0.15, 0.2) is 0 Å². The Labute approximate surface area is 136 Å². The van der Waals surface area contributed by atoms with Crippen LogP contribution in [0.2, 0.25) is 5.02 Å². The number of carbonyl (C=O) groups is 2. The second-order valence-electron chi connectivity index (χ2n) is 5.48. The SMILES string of the molecule is CCNC(=O)N1CCC[C@@H](CNC(=O)c2ccccc2Cl)C1. The van der Waals surface area contributed by atoms with Crippen molar-refractivity contribution in [3.63, 3.8) is 0 Å². The quantitative estimate of drug-likeness (QED) is 0.894. The number of amides is 3. The van der Waals surface area contributed by atoms with E-state index in [1.807, 2.05) is 11.8 Å². The average molecular weight is 324 g/mol. The van der Waals surface area contributed by atoms with Gasteiger partial charge >= 0.3 is 6.03 Å². The standard InChI is InChI=1S/C16H22ClN3O2/c1-2-18-16(22)20-9-5-6-12(11-20)10-19-15(21)13-7-3-4-8-14(13)17/h3-4,7-8,12H,2,5-6,9-11H2,1H3,(H,18,22)(H,19,21)/t12-/m0/s1. The molecule has 0 saturated carbocycles. The maximum atomic E-state index is 12.1. The zero-order chi connectivity index (χ0) is 15.9. The Morgan fingerprint density at radius 2 is 2.09 bits per heavy atom. The van der Waals surface area contributed by atoms with Gasteiger partial charge in [0.1, 0.15) is 0 Å². The van der Waals surface area contributed by atoms with Crippen LogP contribution in [0.1, 0.15) is 30.1 Å². The molecule has 5 nitrogen and oxygen atoms in total. The molecule has 6 heteroatoms. The molecular weight excluding hydrogens is 302 g/mol. The summed E-state index contributed by atoms with van der Waals surface area (Å²) in [6.07, 6.45) is 1.97. The van der Waals surface area contributed by atoms with E-state index in [0.717, 1.165) is 19.4 Å². The van der Waals surface area contributed by atoms with Gasteiger partial charge in [0.25, 0.3) is 5.91 Å². The minimum Gasteiger partial charge on any atom is -0.352 e. The monoisotopic (exact) mass is 323 g/mol. The number of halogens is 1. The number of hydrogen-bond acceptors (Lipinski definition) is 2. The number of urea groups is 1. The summed E-state index contributed by atoms with van der Waals surface area (Å²) < 4.78 is 0. The molecule has 1 heterocycles. The average Bonchev–Trinajstić information content (AvgIpc) is 2.53. The van der Waals surface area contributed by atoms with Gasteiger partial charge in [-0.2, -0.15) is 0 Å². The summed E-state index contributed by atoms with van der Waals surface area (Å²) in [5, 5.41) is 6.19. The van der Waals surface area contributed by atoms with Crippen LogP contribution in [0.15, 0.2) is 24.3 Å². The highest BCUT2D eigenvalue weighted by Gasteiger charge is 2.23. The van der Waals surface area contributed by atoms with E-state index < -0.39 is 0 Å². The molecule has 120 valence electrons. The molecule has 0 aromatic heterocycles. The van der Waals surface area contributed by atoms with Gasteiger partial charge in [0.05, 0.1) is 10.6 Å². The van der Waals surface area contributed by atoms with Gasteiger partial charge in [-0.1, -0.05) is 23.7 Å². The molecule has 22 heavy (non-hydrogen) atoms. The highest BCUT2D eigenvalue weighted by Crippen LogP contribution is 2.17. The molecule has 3 amide bonds. The zero-order valence-corrected chi connectivity index (χ0v) is 13.5. The number of hydrogen-bond donors (Lipinski definition) is 2. The Hall–Kier alpha value is -1.75. The van der Waals surface area contributed by atoms with E-state index in [1.165, 1.54) is 0 Å². The zero-order valence-electron chi connectivity index (χ0n) is 12.8. The first-order valence-corrected chi connectivity index (χ1v) is 8.05. The van der Waals surface area contributed by atoms with Crippen molar-refractivity contribution in [2.24, 2.45) is 5.92 Å². The van der Waals surface area contributed by atoms with Crippen LogP contribution in [0.25, 0.3) is 0 Å². The van der Waals surface area contributed by atoms with E-state index >= 15 is 0 Å². The topological polar surface area (TPSA) is 61.4 Å². The van der Waals surface area contributed by atoms with Crippen molar-refractivity contribution >= 4 is 23.5 Å². The fourth-order valence-corrected chi connectivity index (χ4v) is 2.88. The van der Waals surface area contributed by atoms with Crippen molar-refractivity contribution in [1.29, 1.82) is 0 Å². The third-order valence-corrected chi connectivity index (χ3v) is 4.13.